The van der Waals surface area contributed by atoms with E-state index in [-0.39, 0.29) is 11.9 Å². The van der Waals surface area contributed by atoms with Crippen molar-refractivity contribution in [1.29, 1.82) is 0 Å². The number of hydrogen-bond donors (Lipinski definition) is 1. The van der Waals surface area contributed by atoms with Crippen molar-refractivity contribution in [2.45, 2.75) is 33.7 Å². The maximum Gasteiger partial charge on any atom is 0.256 e. The highest BCUT2D eigenvalue weighted by Crippen LogP contribution is 2.18. The van der Waals surface area contributed by atoms with Gasteiger partial charge in [-0.2, -0.15) is 0 Å². The molecule has 0 saturated heterocycles. The van der Waals surface area contributed by atoms with Crippen molar-refractivity contribution in [3.63, 3.8) is 0 Å². The molecule has 0 bridgehead atoms. The molecule has 0 saturated carbocycles. The predicted molar refractivity (Wildman–Crippen MR) is 72.5 cm³/mol. The molecule has 3 nitrogen and oxygen atoms in total. The topological polar surface area (TPSA) is 32.3 Å². The summed E-state index contributed by atoms with van der Waals surface area (Å²) in [5.41, 5.74) is 1.67. The fourth-order valence-corrected chi connectivity index (χ4v) is 1.91. The highest BCUT2D eigenvalue weighted by molar-refractivity contribution is 5.99. The maximum atomic E-state index is 12.4. The zero-order valence-corrected chi connectivity index (χ0v) is 11.2. The van der Waals surface area contributed by atoms with E-state index in [4.69, 9.17) is 0 Å². The van der Waals surface area contributed by atoms with Gasteiger partial charge in [0.05, 0.1) is 5.56 Å². The molecule has 0 aliphatic heterocycles. The van der Waals surface area contributed by atoms with E-state index in [9.17, 15) is 4.79 Å². The van der Waals surface area contributed by atoms with Crippen molar-refractivity contribution in [3.8, 4) is 0 Å². The summed E-state index contributed by atoms with van der Waals surface area (Å²) in [4.78, 5) is 14.3. The highest BCUT2D eigenvalue weighted by Gasteiger charge is 2.19. The summed E-state index contributed by atoms with van der Waals surface area (Å²) in [6, 6.07) is 7.90. The molecule has 1 aromatic rings. The number of anilines is 1. The third-order valence-corrected chi connectivity index (χ3v) is 2.75. The molecular formula is C14H22N2O. The van der Waals surface area contributed by atoms with Gasteiger partial charge in [-0.05, 0) is 39.8 Å². The van der Waals surface area contributed by atoms with E-state index in [1.165, 1.54) is 0 Å². The smallest absolute Gasteiger partial charge is 0.256 e. The predicted octanol–water partition coefficient (Wildman–Crippen LogP) is 2.99. The van der Waals surface area contributed by atoms with Gasteiger partial charge in [-0.3, -0.25) is 4.79 Å². The van der Waals surface area contributed by atoms with Gasteiger partial charge in [0, 0.05) is 24.8 Å². The molecule has 94 valence electrons. The Labute approximate surface area is 104 Å². The van der Waals surface area contributed by atoms with Crippen LogP contribution in [-0.2, 0) is 0 Å². The van der Waals surface area contributed by atoms with Crippen LogP contribution in [0.5, 0.6) is 0 Å². The van der Waals surface area contributed by atoms with Crippen LogP contribution in [0.25, 0.3) is 0 Å². The fourth-order valence-electron chi connectivity index (χ4n) is 1.91. The summed E-state index contributed by atoms with van der Waals surface area (Å²) in [5.74, 6) is 0.0963. The van der Waals surface area contributed by atoms with Gasteiger partial charge >= 0.3 is 0 Å². The van der Waals surface area contributed by atoms with E-state index in [0.717, 1.165) is 24.3 Å². The molecule has 1 amide bonds. The van der Waals surface area contributed by atoms with Gasteiger partial charge in [-0.15, -0.1) is 0 Å². The highest BCUT2D eigenvalue weighted by atomic mass is 16.2. The second-order valence-electron chi connectivity index (χ2n) is 4.26. The third-order valence-electron chi connectivity index (χ3n) is 2.75. The lowest BCUT2D eigenvalue weighted by molar-refractivity contribution is 0.0718. The molecule has 3 heteroatoms. The first kappa shape index (κ1) is 13.6. The van der Waals surface area contributed by atoms with Crippen LogP contribution < -0.4 is 5.32 Å². The van der Waals surface area contributed by atoms with Crippen LogP contribution in [0, 0.1) is 0 Å². The summed E-state index contributed by atoms with van der Waals surface area (Å²) in [7, 11) is 0. The van der Waals surface area contributed by atoms with Crippen LogP contribution in [0.1, 0.15) is 38.1 Å². The Morgan fingerprint density at radius 1 is 1.29 bits per heavy atom. The molecule has 0 heterocycles. The largest absolute Gasteiger partial charge is 0.385 e. The minimum atomic E-state index is 0.0963. The number of carbonyl (C=O) groups is 1. The average molecular weight is 234 g/mol. The molecule has 0 radical (unpaired) electrons. The van der Waals surface area contributed by atoms with E-state index in [1.54, 1.807) is 0 Å². The summed E-state index contributed by atoms with van der Waals surface area (Å²) in [5, 5.41) is 3.23. The van der Waals surface area contributed by atoms with Crippen molar-refractivity contribution >= 4 is 11.6 Å². The Morgan fingerprint density at radius 3 is 2.47 bits per heavy atom. The number of nitrogens with one attached hydrogen (secondary N) is 1. The van der Waals surface area contributed by atoms with Crippen LogP contribution in [0.3, 0.4) is 0 Å². The molecule has 0 atom stereocenters. The lowest BCUT2D eigenvalue weighted by Gasteiger charge is -2.26. The monoisotopic (exact) mass is 234 g/mol. The molecule has 0 aliphatic rings. The lowest BCUT2D eigenvalue weighted by Crippen LogP contribution is -2.37. The molecule has 1 rings (SSSR count). The van der Waals surface area contributed by atoms with Gasteiger partial charge in [0.1, 0.15) is 0 Å². The summed E-state index contributed by atoms with van der Waals surface area (Å²) in [6.07, 6.45) is 0. The van der Waals surface area contributed by atoms with Crippen LogP contribution in [-0.4, -0.2) is 29.9 Å². The zero-order valence-electron chi connectivity index (χ0n) is 11.2. The first-order valence-electron chi connectivity index (χ1n) is 6.25. The second-order valence-corrected chi connectivity index (χ2v) is 4.26. The Hall–Kier alpha value is -1.51. The van der Waals surface area contributed by atoms with E-state index >= 15 is 0 Å². The Morgan fingerprint density at radius 2 is 1.94 bits per heavy atom. The quantitative estimate of drug-likeness (QED) is 0.849. The van der Waals surface area contributed by atoms with Crippen molar-refractivity contribution in [1.82, 2.24) is 4.90 Å². The van der Waals surface area contributed by atoms with Crippen molar-refractivity contribution < 1.29 is 4.79 Å². The third kappa shape index (κ3) is 3.22. The number of hydrogen-bond acceptors (Lipinski definition) is 2. The van der Waals surface area contributed by atoms with E-state index in [1.807, 2.05) is 56.9 Å². The van der Waals surface area contributed by atoms with Gasteiger partial charge in [-0.25, -0.2) is 0 Å². The lowest BCUT2D eigenvalue weighted by atomic mass is 10.1. The van der Waals surface area contributed by atoms with Crippen LogP contribution in [0.4, 0.5) is 5.69 Å². The van der Waals surface area contributed by atoms with Crippen molar-refractivity contribution in [3.05, 3.63) is 29.8 Å². The molecule has 1 aromatic carbocycles. The zero-order chi connectivity index (χ0) is 12.8. The summed E-state index contributed by atoms with van der Waals surface area (Å²) >= 11 is 0. The second kappa shape index (κ2) is 6.28. The first-order chi connectivity index (χ1) is 8.11. The van der Waals surface area contributed by atoms with Crippen LogP contribution in [0.2, 0.25) is 0 Å². The molecule has 17 heavy (non-hydrogen) atoms. The van der Waals surface area contributed by atoms with E-state index < -0.39 is 0 Å². The van der Waals surface area contributed by atoms with Crippen molar-refractivity contribution in [2.24, 2.45) is 0 Å². The SMILES string of the molecule is CCNc1ccccc1C(=O)N(CC)C(C)C. The molecular weight excluding hydrogens is 212 g/mol. The first-order valence-corrected chi connectivity index (χ1v) is 6.25. The fraction of sp³-hybridized carbons (Fsp3) is 0.500. The maximum absolute atomic E-state index is 12.4. The number of para-hydroxylation sites is 1. The summed E-state index contributed by atoms with van der Waals surface area (Å²) < 4.78 is 0. The van der Waals surface area contributed by atoms with Gasteiger partial charge in [0.25, 0.3) is 5.91 Å². The standard InChI is InChI=1S/C14H22N2O/c1-5-15-13-10-8-7-9-12(13)14(17)16(6-2)11(3)4/h7-11,15H,5-6H2,1-4H3. The number of benzene rings is 1. The minimum absolute atomic E-state index is 0.0963. The van der Waals surface area contributed by atoms with Gasteiger partial charge in [0.2, 0.25) is 0 Å². The van der Waals surface area contributed by atoms with Crippen LogP contribution >= 0.6 is 0 Å². The molecule has 0 aromatic heterocycles. The molecule has 0 fully saturated rings. The molecule has 1 N–H and O–H groups in total. The number of carbonyl (C=O) groups excluding carboxylic acids is 1. The minimum Gasteiger partial charge on any atom is -0.385 e. The molecule has 0 unspecified atom stereocenters. The normalized spacial score (nSPS) is 10.4. The molecule has 0 spiro atoms. The van der Waals surface area contributed by atoms with Gasteiger partial charge < -0.3 is 10.2 Å². The van der Waals surface area contributed by atoms with Gasteiger partial charge in [0.15, 0.2) is 0 Å². The Bertz CT molecular complexity index is 374. The van der Waals surface area contributed by atoms with E-state index in [0.29, 0.717) is 0 Å². The number of rotatable bonds is 5. The Kier molecular flexibility index (Phi) is 5.01. The van der Waals surface area contributed by atoms with Crippen molar-refractivity contribution in [2.75, 3.05) is 18.4 Å². The van der Waals surface area contributed by atoms with Gasteiger partial charge in [-0.1, -0.05) is 12.1 Å². The number of amides is 1. The Balaban J connectivity index is 3.02. The van der Waals surface area contributed by atoms with E-state index in [2.05, 4.69) is 5.32 Å². The molecule has 0 aliphatic carbocycles. The average Bonchev–Trinajstić information content (AvgIpc) is 2.30. The van der Waals surface area contributed by atoms with Crippen LogP contribution in [0.15, 0.2) is 24.3 Å². The summed E-state index contributed by atoms with van der Waals surface area (Å²) in [6.45, 7) is 9.67. The number of nitrogens with zero attached hydrogens (tertiary/aromatic N) is 1.